The molecule has 0 aliphatic heterocycles. The zero-order valence-electron chi connectivity index (χ0n) is 22.4. The van der Waals surface area contributed by atoms with Crippen LogP contribution in [0.2, 0.25) is 0 Å². The molecular formula is C31H37I3NO3S-. The van der Waals surface area contributed by atoms with E-state index in [-0.39, 0.29) is 11.8 Å². The monoisotopic (exact) mass is 884 g/mol. The molecule has 0 unspecified atom stereocenters. The summed E-state index contributed by atoms with van der Waals surface area (Å²) < 4.78 is 35.3. The van der Waals surface area contributed by atoms with Gasteiger partial charge in [-0.1, -0.05) is 69.9 Å². The van der Waals surface area contributed by atoms with E-state index < -0.39 is 15.9 Å². The van der Waals surface area contributed by atoms with E-state index in [1.807, 2.05) is 6.07 Å². The van der Waals surface area contributed by atoms with E-state index in [1.54, 1.807) is 6.07 Å². The molecule has 0 heterocycles. The van der Waals surface area contributed by atoms with Crippen LogP contribution in [-0.4, -0.2) is 14.3 Å². The zero-order valence-corrected chi connectivity index (χ0v) is 29.7. The Kier molecular flexibility index (Phi) is 10.6. The Morgan fingerprint density at radius 2 is 1.15 bits per heavy atom. The van der Waals surface area contributed by atoms with E-state index in [0.717, 1.165) is 73.2 Å². The average molecular weight is 884 g/mol. The SMILES string of the molecule is O=S(=O)(/N=C(\[O-])c1cc(I)cc(I)c1I)c1c(C2CCCCC2)cc(C2CCCCC2)cc1C1CCCCC1. The zero-order chi connectivity index (χ0) is 27.6. The summed E-state index contributed by atoms with van der Waals surface area (Å²) in [5, 5.41) is 13.5. The van der Waals surface area contributed by atoms with E-state index in [2.05, 4.69) is 84.3 Å². The van der Waals surface area contributed by atoms with Gasteiger partial charge >= 0.3 is 0 Å². The standard InChI is InChI=1S/C31H38I3NO3S/c32-24-18-27(29(34)28(33)19-24)31(36)35-39(37,38)30-25(21-12-6-2-7-13-21)16-23(20-10-4-1-5-11-20)17-26(30)22-14-8-3-9-15-22/h16-22H,1-15H2,(H,35,36)/p-1. The van der Waals surface area contributed by atoms with Gasteiger partial charge in [-0.3, -0.25) is 0 Å². The van der Waals surface area contributed by atoms with Crippen LogP contribution in [0.3, 0.4) is 0 Å². The summed E-state index contributed by atoms with van der Waals surface area (Å²) in [7, 11) is -4.19. The molecule has 4 nitrogen and oxygen atoms in total. The van der Waals surface area contributed by atoms with Gasteiger partial charge in [0.15, 0.2) is 0 Å². The van der Waals surface area contributed by atoms with Crippen molar-refractivity contribution < 1.29 is 13.5 Å². The summed E-state index contributed by atoms with van der Waals surface area (Å²) in [4.78, 5) is 0.379. The van der Waals surface area contributed by atoms with Crippen molar-refractivity contribution in [3.05, 3.63) is 57.2 Å². The van der Waals surface area contributed by atoms with Crippen molar-refractivity contribution in [2.45, 2.75) is 119 Å². The lowest BCUT2D eigenvalue weighted by atomic mass is 9.76. The Morgan fingerprint density at radius 1 is 0.692 bits per heavy atom. The molecule has 3 fully saturated rings. The third kappa shape index (κ3) is 7.17. The first kappa shape index (κ1) is 30.5. The van der Waals surface area contributed by atoms with E-state index in [9.17, 15) is 13.5 Å². The van der Waals surface area contributed by atoms with Crippen LogP contribution in [0.25, 0.3) is 0 Å². The molecule has 0 bridgehead atoms. The molecule has 0 spiro atoms. The van der Waals surface area contributed by atoms with Crippen molar-refractivity contribution in [2.24, 2.45) is 4.40 Å². The van der Waals surface area contributed by atoms with Gasteiger partial charge in [0.2, 0.25) is 0 Å². The molecule has 0 amide bonds. The van der Waals surface area contributed by atoms with Gasteiger partial charge in [0.05, 0.1) is 4.90 Å². The summed E-state index contributed by atoms with van der Waals surface area (Å²) in [6.45, 7) is 0. The Morgan fingerprint density at radius 3 is 1.64 bits per heavy atom. The Balaban J connectivity index is 1.69. The van der Waals surface area contributed by atoms with Crippen molar-refractivity contribution in [2.75, 3.05) is 0 Å². The minimum absolute atomic E-state index is 0.221. The fourth-order valence-electron chi connectivity index (χ4n) is 7.02. The Labute approximate surface area is 275 Å². The molecule has 5 rings (SSSR count). The van der Waals surface area contributed by atoms with E-state index >= 15 is 0 Å². The fourth-order valence-corrected chi connectivity index (χ4v) is 10.9. The predicted molar refractivity (Wildman–Crippen MR) is 182 cm³/mol. The van der Waals surface area contributed by atoms with Gasteiger partial charge in [-0.05, 0) is 153 Å². The maximum Gasteiger partial charge on any atom is 0.282 e. The normalized spacial score (nSPS) is 20.8. The summed E-state index contributed by atoms with van der Waals surface area (Å²) in [6, 6.07) is 8.22. The molecule has 39 heavy (non-hydrogen) atoms. The fraction of sp³-hybridized carbons (Fsp3) is 0.581. The summed E-state index contributed by atoms with van der Waals surface area (Å²) >= 11 is 6.50. The molecule has 3 aliphatic carbocycles. The molecule has 3 saturated carbocycles. The number of halogens is 3. The highest BCUT2D eigenvalue weighted by atomic mass is 127. The topological polar surface area (TPSA) is 69.6 Å². The largest absolute Gasteiger partial charge is 0.858 e. The highest BCUT2D eigenvalue weighted by Crippen LogP contribution is 2.46. The van der Waals surface area contributed by atoms with Gasteiger partial charge < -0.3 is 5.11 Å². The predicted octanol–water partition coefficient (Wildman–Crippen LogP) is 9.14. The second-order valence-corrected chi connectivity index (χ2v) is 16.7. The molecule has 0 radical (unpaired) electrons. The number of hydrogen-bond acceptors (Lipinski definition) is 3. The number of benzene rings is 2. The van der Waals surface area contributed by atoms with Gasteiger partial charge in [0.25, 0.3) is 10.0 Å². The summed E-state index contributed by atoms with van der Waals surface area (Å²) in [5.74, 6) is 0.294. The van der Waals surface area contributed by atoms with Crippen LogP contribution >= 0.6 is 67.8 Å². The van der Waals surface area contributed by atoms with Gasteiger partial charge in [0.1, 0.15) is 0 Å². The molecule has 2 aromatic carbocycles. The van der Waals surface area contributed by atoms with Crippen molar-refractivity contribution >= 4 is 83.7 Å². The van der Waals surface area contributed by atoms with Crippen molar-refractivity contribution in [3.8, 4) is 0 Å². The molecule has 8 heteroatoms. The molecule has 0 saturated heterocycles. The van der Waals surface area contributed by atoms with Crippen LogP contribution in [0.5, 0.6) is 0 Å². The highest BCUT2D eigenvalue weighted by Gasteiger charge is 2.33. The minimum Gasteiger partial charge on any atom is -0.858 e. The number of hydrogen-bond donors (Lipinski definition) is 0. The first-order valence-electron chi connectivity index (χ1n) is 14.6. The van der Waals surface area contributed by atoms with Crippen LogP contribution in [0.15, 0.2) is 33.6 Å². The second-order valence-electron chi connectivity index (χ2n) is 11.7. The van der Waals surface area contributed by atoms with Gasteiger partial charge in [0, 0.05) is 22.2 Å². The molecule has 0 atom stereocenters. The van der Waals surface area contributed by atoms with Crippen LogP contribution in [0.4, 0.5) is 0 Å². The third-order valence-electron chi connectivity index (χ3n) is 9.02. The molecule has 0 aromatic heterocycles. The lowest BCUT2D eigenvalue weighted by molar-refractivity contribution is -0.212. The third-order valence-corrected chi connectivity index (χ3v) is 14.1. The highest BCUT2D eigenvalue weighted by molar-refractivity contribution is 14.1. The van der Waals surface area contributed by atoms with Crippen LogP contribution < -0.4 is 5.11 Å². The van der Waals surface area contributed by atoms with Crippen molar-refractivity contribution in [1.29, 1.82) is 0 Å². The van der Waals surface area contributed by atoms with Crippen LogP contribution in [0, 0.1) is 10.7 Å². The lowest BCUT2D eigenvalue weighted by Gasteiger charge is -2.32. The number of nitrogens with zero attached hydrogens (tertiary/aromatic N) is 1. The molecule has 3 aliphatic rings. The first-order chi connectivity index (χ1) is 18.7. The van der Waals surface area contributed by atoms with Gasteiger partial charge in [-0.25, -0.2) is 0 Å². The molecular weight excluding hydrogens is 847 g/mol. The maximum absolute atomic E-state index is 14.3. The maximum atomic E-state index is 14.3. The van der Waals surface area contributed by atoms with E-state index in [0.29, 0.717) is 16.4 Å². The van der Waals surface area contributed by atoms with Crippen molar-refractivity contribution in [3.63, 3.8) is 0 Å². The molecule has 212 valence electrons. The second kappa shape index (κ2) is 13.6. The van der Waals surface area contributed by atoms with Gasteiger partial charge in [-0.15, -0.1) is 0 Å². The molecule has 0 N–H and O–H groups in total. The van der Waals surface area contributed by atoms with E-state index in [4.69, 9.17) is 0 Å². The van der Waals surface area contributed by atoms with Crippen molar-refractivity contribution in [1.82, 2.24) is 0 Å². The van der Waals surface area contributed by atoms with E-state index in [1.165, 1.54) is 50.5 Å². The summed E-state index contributed by atoms with van der Waals surface area (Å²) in [6.07, 6.45) is 17.2. The summed E-state index contributed by atoms with van der Waals surface area (Å²) in [5.41, 5.74) is 3.62. The number of sulfonamides is 1. The Hall–Kier alpha value is 0.0500. The minimum atomic E-state index is -4.19. The average Bonchev–Trinajstić information content (AvgIpc) is 2.95. The van der Waals surface area contributed by atoms with Gasteiger partial charge in [-0.2, -0.15) is 12.8 Å². The Bertz CT molecular complexity index is 1280. The quantitative estimate of drug-likeness (QED) is 0.126. The van der Waals surface area contributed by atoms with Crippen LogP contribution in [-0.2, 0) is 10.0 Å². The first-order valence-corrected chi connectivity index (χ1v) is 19.3. The molecule has 2 aromatic rings. The smallest absolute Gasteiger partial charge is 0.282 e. The number of rotatable bonds is 6. The van der Waals surface area contributed by atoms with Crippen LogP contribution in [0.1, 0.15) is 136 Å². The lowest BCUT2D eigenvalue weighted by Crippen LogP contribution is -2.24.